The van der Waals surface area contributed by atoms with Crippen LogP contribution in [-0.4, -0.2) is 11.6 Å². The molecule has 19 heavy (non-hydrogen) atoms. The monoisotopic (exact) mass is 258 g/mol. The number of fused-ring (bicyclic) bond motifs is 1. The molecule has 0 atom stereocenters. The number of rotatable bonds is 4. The van der Waals surface area contributed by atoms with Crippen LogP contribution in [-0.2, 0) is 0 Å². The fraction of sp³-hybridized carbons (Fsp3) is 0.438. The van der Waals surface area contributed by atoms with E-state index >= 15 is 0 Å². The quantitative estimate of drug-likeness (QED) is 0.900. The van der Waals surface area contributed by atoms with Crippen molar-refractivity contribution in [1.82, 2.24) is 4.98 Å². The Morgan fingerprint density at radius 2 is 2.05 bits per heavy atom. The standard InChI is InChI=1S/C16H22N2O/c1-5-9-19-13-8-6-7-12-15(17)14(10(2)3)11(4)18-16(12)13/h6-8,10H,5,9H2,1-4H3,(H2,17,18). The maximum absolute atomic E-state index is 6.32. The van der Waals surface area contributed by atoms with E-state index in [1.54, 1.807) is 0 Å². The number of nitrogen functional groups attached to an aromatic ring is 1. The van der Waals surface area contributed by atoms with Gasteiger partial charge in [0.2, 0.25) is 0 Å². The van der Waals surface area contributed by atoms with E-state index < -0.39 is 0 Å². The van der Waals surface area contributed by atoms with Crippen LogP contribution in [0.3, 0.4) is 0 Å². The first kappa shape index (κ1) is 13.7. The van der Waals surface area contributed by atoms with Crippen LogP contribution in [0.1, 0.15) is 44.4 Å². The van der Waals surface area contributed by atoms with Gasteiger partial charge in [-0.15, -0.1) is 0 Å². The molecular formula is C16H22N2O. The number of anilines is 1. The molecule has 0 saturated carbocycles. The number of nitrogens with two attached hydrogens (primary N) is 1. The number of hydrogen-bond acceptors (Lipinski definition) is 3. The molecule has 0 fully saturated rings. The van der Waals surface area contributed by atoms with Crippen molar-refractivity contribution in [3.8, 4) is 5.75 Å². The zero-order chi connectivity index (χ0) is 14.0. The Morgan fingerprint density at radius 3 is 2.68 bits per heavy atom. The summed E-state index contributed by atoms with van der Waals surface area (Å²) in [5, 5.41) is 0.989. The highest BCUT2D eigenvalue weighted by molar-refractivity contribution is 5.95. The van der Waals surface area contributed by atoms with E-state index in [0.29, 0.717) is 12.5 Å². The second-order valence-corrected chi connectivity index (χ2v) is 5.18. The maximum Gasteiger partial charge on any atom is 0.145 e. The number of ether oxygens (including phenoxy) is 1. The minimum Gasteiger partial charge on any atom is -0.491 e. The van der Waals surface area contributed by atoms with Gasteiger partial charge < -0.3 is 10.5 Å². The third-order valence-electron chi connectivity index (χ3n) is 3.29. The van der Waals surface area contributed by atoms with Crippen molar-refractivity contribution >= 4 is 16.6 Å². The SMILES string of the molecule is CCCOc1cccc2c(N)c(C(C)C)c(C)nc12. The molecule has 0 aliphatic heterocycles. The fourth-order valence-electron chi connectivity index (χ4n) is 2.48. The number of aromatic nitrogens is 1. The predicted molar refractivity (Wildman–Crippen MR) is 80.8 cm³/mol. The molecule has 0 radical (unpaired) electrons. The number of benzene rings is 1. The van der Waals surface area contributed by atoms with E-state index in [0.717, 1.165) is 40.0 Å². The van der Waals surface area contributed by atoms with Gasteiger partial charge in [-0.3, -0.25) is 0 Å². The molecule has 0 saturated heterocycles. The van der Waals surface area contributed by atoms with E-state index in [9.17, 15) is 0 Å². The van der Waals surface area contributed by atoms with Crippen molar-refractivity contribution in [2.75, 3.05) is 12.3 Å². The molecule has 2 rings (SSSR count). The van der Waals surface area contributed by atoms with Gasteiger partial charge in [0, 0.05) is 16.8 Å². The molecule has 0 aliphatic carbocycles. The van der Waals surface area contributed by atoms with Gasteiger partial charge in [0.05, 0.1) is 6.61 Å². The van der Waals surface area contributed by atoms with Crippen LogP contribution < -0.4 is 10.5 Å². The van der Waals surface area contributed by atoms with E-state index in [-0.39, 0.29) is 0 Å². The van der Waals surface area contributed by atoms with Crippen LogP contribution in [0.5, 0.6) is 5.75 Å². The first-order chi connectivity index (χ1) is 9.06. The van der Waals surface area contributed by atoms with Gasteiger partial charge in [0.1, 0.15) is 11.3 Å². The van der Waals surface area contributed by atoms with E-state index in [4.69, 9.17) is 15.5 Å². The van der Waals surface area contributed by atoms with Gasteiger partial charge in [-0.1, -0.05) is 32.9 Å². The van der Waals surface area contributed by atoms with Crippen LogP contribution >= 0.6 is 0 Å². The Bertz CT molecular complexity index is 591. The van der Waals surface area contributed by atoms with Gasteiger partial charge in [0.15, 0.2) is 0 Å². The Labute approximate surface area is 114 Å². The van der Waals surface area contributed by atoms with Gasteiger partial charge in [-0.2, -0.15) is 0 Å². The van der Waals surface area contributed by atoms with Gasteiger partial charge >= 0.3 is 0 Å². The molecule has 0 bridgehead atoms. The number of para-hydroxylation sites is 1. The minimum absolute atomic E-state index is 0.372. The molecule has 2 aromatic rings. The third-order valence-corrected chi connectivity index (χ3v) is 3.29. The van der Waals surface area contributed by atoms with E-state index in [2.05, 4.69) is 20.8 Å². The summed E-state index contributed by atoms with van der Waals surface area (Å²) >= 11 is 0. The number of pyridine rings is 1. The Hall–Kier alpha value is -1.77. The van der Waals surface area contributed by atoms with Crippen LogP contribution in [0.4, 0.5) is 5.69 Å². The average Bonchev–Trinajstić information content (AvgIpc) is 2.36. The molecule has 1 aromatic carbocycles. The minimum atomic E-state index is 0.372. The third kappa shape index (κ3) is 2.50. The molecule has 3 heteroatoms. The maximum atomic E-state index is 6.32. The van der Waals surface area contributed by atoms with Gasteiger partial charge in [-0.05, 0) is 30.9 Å². The van der Waals surface area contributed by atoms with Crippen LogP contribution in [0, 0.1) is 6.92 Å². The van der Waals surface area contributed by atoms with Crippen molar-refractivity contribution in [3.05, 3.63) is 29.5 Å². The summed E-state index contributed by atoms with van der Waals surface area (Å²) in [6.07, 6.45) is 0.981. The lowest BCUT2D eigenvalue weighted by Crippen LogP contribution is -2.05. The van der Waals surface area contributed by atoms with Crippen molar-refractivity contribution < 1.29 is 4.74 Å². The first-order valence-corrected chi connectivity index (χ1v) is 6.87. The van der Waals surface area contributed by atoms with Crippen LogP contribution in [0.25, 0.3) is 10.9 Å². The fourth-order valence-corrected chi connectivity index (χ4v) is 2.48. The molecule has 0 aliphatic rings. The second-order valence-electron chi connectivity index (χ2n) is 5.18. The van der Waals surface area contributed by atoms with Crippen molar-refractivity contribution in [2.24, 2.45) is 0 Å². The molecule has 0 amide bonds. The lowest BCUT2D eigenvalue weighted by atomic mass is 9.97. The van der Waals surface area contributed by atoms with E-state index in [1.165, 1.54) is 0 Å². The molecule has 2 N–H and O–H groups in total. The lowest BCUT2D eigenvalue weighted by molar-refractivity contribution is 0.320. The topological polar surface area (TPSA) is 48.1 Å². The summed E-state index contributed by atoms with van der Waals surface area (Å²) in [5.74, 6) is 1.20. The second kappa shape index (κ2) is 5.47. The Morgan fingerprint density at radius 1 is 1.32 bits per heavy atom. The van der Waals surface area contributed by atoms with Crippen LogP contribution in [0.2, 0.25) is 0 Å². The number of hydrogen-bond donors (Lipinski definition) is 1. The molecule has 0 spiro atoms. The van der Waals surface area contributed by atoms with Gasteiger partial charge in [0.25, 0.3) is 0 Å². The zero-order valence-corrected chi connectivity index (χ0v) is 12.2. The summed E-state index contributed by atoms with van der Waals surface area (Å²) in [4.78, 5) is 4.71. The summed E-state index contributed by atoms with van der Waals surface area (Å²) < 4.78 is 5.76. The smallest absolute Gasteiger partial charge is 0.145 e. The molecule has 1 heterocycles. The normalized spacial score (nSPS) is 11.2. The molecule has 0 unspecified atom stereocenters. The largest absolute Gasteiger partial charge is 0.491 e. The Balaban J connectivity index is 2.65. The highest BCUT2D eigenvalue weighted by Crippen LogP contribution is 2.34. The molecule has 102 valence electrons. The van der Waals surface area contributed by atoms with E-state index in [1.807, 2.05) is 25.1 Å². The first-order valence-electron chi connectivity index (χ1n) is 6.87. The summed E-state index contributed by atoms with van der Waals surface area (Å²) in [7, 11) is 0. The Kier molecular flexibility index (Phi) is 3.93. The summed E-state index contributed by atoms with van der Waals surface area (Å²) in [6.45, 7) is 9.09. The zero-order valence-electron chi connectivity index (χ0n) is 12.2. The van der Waals surface area contributed by atoms with Crippen molar-refractivity contribution in [2.45, 2.75) is 40.0 Å². The van der Waals surface area contributed by atoms with Crippen LogP contribution in [0.15, 0.2) is 18.2 Å². The lowest BCUT2D eigenvalue weighted by Gasteiger charge is -2.16. The van der Waals surface area contributed by atoms with Gasteiger partial charge in [-0.25, -0.2) is 4.98 Å². The highest BCUT2D eigenvalue weighted by Gasteiger charge is 2.15. The predicted octanol–water partition coefficient (Wildman–Crippen LogP) is 4.04. The summed E-state index contributed by atoms with van der Waals surface area (Å²) in [6, 6.07) is 5.95. The average molecular weight is 258 g/mol. The molecular weight excluding hydrogens is 236 g/mol. The van der Waals surface area contributed by atoms with Crippen molar-refractivity contribution in [3.63, 3.8) is 0 Å². The number of aryl methyl sites for hydroxylation is 1. The summed E-state index contributed by atoms with van der Waals surface area (Å²) in [5.41, 5.74) is 10.2. The number of nitrogens with zero attached hydrogens (tertiary/aromatic N) is 1. The highest BCUT2D eigenvalue weighted by atomic mass is 16.5. The van der Waals surface area contributed by atoms with Crippen molar-refractivity contribution in [1.29, 1.82) is 0 Å². The molecule has 3 nitrogen and oxygen atoms in total. The molecule has 1 aromatic heterocycles.